The smallest absolute Gasteiger partial charge is 0.416 e. The van der Waals surface area contributed by atoms with Gasteiger partial charge in [0.05, 0.1) is 0 Å². The lowest BCUT2D eigenvalue weighted by molar-refractivity contribution is 0.282. The summed E-state index contributed by atoms with van der Waals surface area (Å²) in [6, 6.07) is 11.0. The summed E-state index contributed by atoms with van der Waals surface area (Å²) >= 11 is 0. The van der Waals surface area contributed by atoms with E-state index in [0.29, 0.717) is 0 Å². The molecule has 0 aromatic heterocycles. The first-order chi connectivity index (χ1) is 13.8. The second-order valence-electron chi connectivity index (χ2n) is 8.78. The van der Waals surface area contributed by atoms with Crippen LogP contribution >= 0.6 is 0 Å². The molecule has 1 aromatic rings. The first-order valence-electron chi connectivity index (χ1n) is 12.0. The third-order valence-corrected chi connectivity index (χ3v) is 6.74. The molecule has 0 radical (unpaired) electrons. The Hall–Kier alpha value is -1.22. The lowest BCUT2D eigenvalue weighted by atomic mass is 9.47. The van der Waals surface area contributed by atoms with Gasteiger partial charge in [-0.25, -0.2) is 0 Å². The van der Waals surface area contributed by atoms with Crippen molar-refractivity contribution < 1.29 is 4.65 Å². The molecule has 0 saturated carbocycles. The van der Waals surface area contributed by atoms with E-state index >= 15 is 0 Å². The predicted octanol–water partition coefficient (Wildman–Crippen LogP) is 7.76. The Morgan fingerprint density at radius 1 is 0.893 bits per heavy atom. The van der Waals surface area contributed by atoms with Crippen molar-refractivity contribution in [3.8, 4) is 0 Å². The van der Waals surface area contributed by atoms with Gasteiger partial charge in [0.15, 0.2) is 0 Å². The number of allylic oxidation sites excluding steroid dienone is 2. The Morgan fingerprint density at radius 2 is 1.61 bits per heavy atom. The molecule has 2 aliphatic rings. The molecule has 2 nitrogen and oxygen atoms in total. The molecule has 3 heteroatoms. The van der Waals surface area contributed by atoms with Crippen LogP contribution in [0.3, 0.4) is 0 Å². The van der Waals surface area contributed by atoms with E-state index in [2.05, 4.69) is 55.9 Å². The van der Waals surface area contributed by atoms with Gasteiger partial charge in [-0.1, -0.05) is 71.1 Å². The van der Waals surface area contributed by atoms with Crippen molar-refractivity contribution in [3.05, 3.63) is 41.6 Å². The number of benzene rings is 1. The number of rotatable bonds is 11. The maximum Gasteiger partial charge on any atom is 0.431 e. The summed E-state index contributed by atoms with van der Waals surface area (Å²) in [5.41, 5.74) is 4.66. The van der Waals surface area contributed by atoms with Crippen LogP contribution in [-0.2, 0) is 4.65 Å². The maximum atomic E-state index is 6.81. The Bertz CT molecular complexity index is 621. The Kier molecular flexibility index (Phi) is 8.08. The largest absolute Gasteiger partial charge is 0.431 e. The molecule has 0 fully saturated rings. The molecule has 0 unspecified atom stereocenters. The third-order valence-electron chi connectivity index (χ3n) is 6.74. The number of nitrogens with zero attached hydrogens (tertiary/aromatic N) is 1. The van der Waals surface area contributed by atoms with E-state index in [9.17, 15) is 0 Å². The van der Waals surface area contributed by atoms with Crippen LogP contribution in [0.15, 0.2) is 41.6 Å². The van der Waals surface area contributed by atoms with Crippen molar-refractivity contribution in [2.75, 3.05) is 11.4 Å². The molecule has 0 bridgehead atoms. The molecule has 1 aliphatic heterocycles. The molecule has 0 amide bonds. The Balaban J connectivity index is 1.95. The summed E-state index contributed by atoms with van der Waals surface area (Å²) in [6.07, 6.45) is 15.2. The number of para-hydroxylation sites is 1. The lowest BCUT2D eigenvalue weighted by Gasteiger charge is -2.37. The average molecular weight is 381 g/mol. The van der Waals surface area contributed by atoms with Crippen LogP contribution in [0.4, 0.5) is 5.69 Å². The van der Waals surface area contributed by atoms with Gasteiger partial charge in [0.1, 0.15) is 0 Å². The van der Waals surface area contributed by atoms with Gasteiger partial charge in [-0.3, -0.25) is 0 Å². The first-order valence-corrected chi connectivity index (χ1v) is 12.0. The average Bonchev–Trinajstić information content (AvgIpc) is 2.99. The molecular formula is C25H40BNO. The fraction of sp³-hybridized carbons (Fsp3) is 0.680. The molecule has 154 valence electrons. The summed E-state index contributed by atoms with van der Waals surface area (Å²) in [6.45, 7) is 7.87. The van der Waals surface area contributed by atoms with Crippen LogP contribution in [0.5, 0.6) is 0 Å². The van der Waals surface area contributed by atoms with Crippen LogP contribution in [0, 0.1) is 0 Å². The van der Waals surface area contributed by atoms with Crippen LogP contribution in [-0.4, -0.2) is 13.7 Å². The van der Waals surface area contributed by atoms with E-state index in [1.54, 1.807) is 11.3 Å². The van der Waals surface area contributed by atoms with Gasteiger partial charge < -0.3 is 9.47 Å². The van der Waals surface area contributed by atoms with Crippen LogP contribution in [0.2, 0.25) is 5.31 Å². The van der Waals surface area contributed by atoms with E-state index in [0.717, 1.165) is 6.61 Å². The quantitative estimate of drug-likeness (QED) is 0.287. The highest BCUT2D eigenvalue weighted by molar-refractivity contribution is 6.63. The molecular weight excluding hydrogens is 341 g/mol. The van der Waals surface area contributed by atoms with Gasteiger partial charge >= 0.3 is 7.05 Å². The molecule has 0 saturated heterocycles. The fourth-order valence-electron chi connectivity index (χ4n) is 5.63. The number of hydrogen-bond acceptors (Lipinski definition) is 2. The molecule has 0 atom stereocenters. The third kappa shape index (κ3) is 4.35. The normalized spacial score (nSPS) is 18.7. The van der Waals surface area contributed by atoms with Crippen molar-refractivity contribution in [3.63, 3.8) is 0 Å². The standard InChI is InChI=1S/C25H40BNO/c1-4-7-8-14-21-28-26-25(19-5-2,20-6-3)23-17-12-13-18-24(23)27(26)22-15-10-9-11-16-22/h9-11,15-16H,4-8,12-14,17-21H2,1-3H3. The minimum absolute atomic E-state index is 0.180. The number of unbranched alkanes of at least 4 members (excludes halogenated alkanes) is 3. The maximum absolute atomic E-state index is 6.81. The monoisotopic (exact) mass is 381 g/mol. The minimum atomic E-state index is 0.180. The molecule has 3 rings (SSSR count). The lowest BCUT2D eigenvalue weighted by Crippen LogP contribution is -2.45. The van der Waals surface area contributed by atoms with Gasteiger partial charge in [0.2, 0.25) is 0 Å². The molecule has 1 heterocycles. The van der Waals surface area contributed by atoms with Crippen molar-refractivity contribution >= 4 is 12.7 Å². The van der Waals surface area contributed by atoms with Gasteiger partial charge in [-0.05, 0) is 62.7 Å². The molecule has 1 aromatic carbocycles. The summed E-state index contributed by atoms with van der Waals surface area (Å²) < 4.78 is 6.81. The van der Waals surface area contributed by atoms with Gasteiger partial charge in [-0.15, -0.1) is 0 Å². The Labute approximate surface area is 173 Å². The van der Waals surface area contributed by atoms with Crippen molar-refractivity contribution in [1.29, 1.82) is 0 Å². The number of hydrogen-bond donors (Lipinski definition) is 0. The van der Waals surface area contributed by atoms with Crippen LogP contribution < -0.4 is 4.81 Å². The van der Waals surface area contributed by atoms with Gasteiger partial charge in [0.25, 0.3) is 0 Å². The second kappa shape index (κ2) is 10.5. The molecule has 28 heavy (non-hydrogen) atoms. The predicted molar refractivity (Wildman–Crippen MR) is 123 cm³/mol. The summed E-state index contributed by atoms with van der Waals surface area (Å²) in [7, 11) is 0.180. The van der Waals surface area contributed by atoms with Crippen molar-refractivity contribution in [2.24, 2.45) is 0 Å². The highest BCUT2D eigenvalue weighted by atomic mass is 16.4. The van der Waals surface area contributed by atoms with E-state index < -0.39 is 0 Å². The van der Waals surface area contributed by atoms with E-state index in [1.165, 1.54) is 82.7 Å². The van der Waals surface area contributed by atoms with Crippen molar-refractivity contribution in [1.82, 2.24) is 0 Å². The van der Waals surface area contributed by atoms with E-state index in [-0.39, 0.29) is 12.4 Å². The first kappa shape index (κ1) is 21.5. The topological polar surface area (TPSA) is 12.5 Å². The van der Waals surface area contributed by atoms with Crippen LogP contribution in [0.1, 0.15) is 97.8 Å². The molecule has 0 N–H and O–H groups in total. The zero-order valence-corrected chi connectivity index (χ0v) is 18.5. The zero-order chi connectivity index (χ0) is 19.8. The van der Waals surface area contributed by atoms with Gasteiger partial charge in [0, 0.05) is 23.3 Å². The van der Waals surface area contributed by atoms with E-state index in [4.69, 9.17) is 4.65 Å². The van der Waals surface area contributed by atoms with Gasteiger partial charge in [-0.2, -0.15) is 0 Å². The summed E-state index contributed by atoms with van der Waals surface area (Å²) in [5, 5.41) is 0.208. The highest BCUT2D eigenvalue weighted by Gasteiger charge is 2.56. The fourth-order valence-corrected chi connectivity index (χ4v) is 5.63. The zero-order valence-electron chi connectivity index (χ0n) is 18.5. The van der Waals surface area contributed by atoms with E-state index in [1.807, 2.05) is 0 Å². The van der Waals surface area contributed by atoms with Crippen LogP contribution in [0.25, 0.3) is 0 Å². The SMILES string of the molecule is CCCCCCOB1N(c2ccccc2)C2=C(CCCC2)C1(CCC)CCC. The Morgan fingerprint density at radius 3 is 2.29 bits per heavy atom. The molecule has 0 spiro atoms. The summed E-state index contributed by atoms with van der Waals surface area (Å²) in [5.74, 6) is 0. The minimum Gasteiger partial charge on any atom is -0.416 e. The highest BCUT2D eigenvalue weighted by Crippen LogP contribution is 2.59. The van der Waals surface area contributed by atoms with Crippen molar-refractivity contribution in [2.45, 2.75) is 103 Å². The molecule has 1 aliphatic carbocycles. The summed E-state index contributed by atoms with van der Waals surface area (Å²) in [4.78, 5) is 2.61. The number of anilines is 1. The second-order valence-corrected chi connectivity index (χ2v) is 8.78.